The first-order valence-corrected chi connectivity index (χ1v) is 12.0. The van der Waals surface area contributed by atoms with E-state index in [4.69, 9.17) is 4.74 Å². The second-order valence-electron chi connectivity index (χ2n) is 9.84. The number of hydrogen-bond acceptors (Lipinski definition) is 5. The molecule has 184 valence electrons. The second-order valence-corrected chi connectivity index (χ2v) is 9.84. The Morgan fingerprint density at radius 2 is 1.74 bits per heavy atom. The molecule has 1 amide bonds. The number of halogens is 1. The zero-order valence-electron chi connectivity index (χ0n) is 20.7. The van der Waals surface area contributed by atoms with Crippen LogP contribution in [-0.4, -0.2) is 28.9 Å². The SMILES string of the molecule is CC(=O)Oc1cccc(C(=O)NC2CCC(Nc3cc(C(C)(C)F)nc4ccc(C)cc34)CC2)c1. The molecule has 3 aromatic rings. The molecule has 1 aromatic heterocycles. The van der Waals surface area contributed by atoms with Crippen molar-refractivity contribution >= 4 is 28.5 Å². The number of pyridine rings is 1. The molecule has 0 radical (unpaired) electrons. The van der Waals surface area contributed by atoms with Crippen LogP contribution in [0.3, 0.4) is 0 Å². The zero-order chi connectivity index (χ0) is 25.2. The summed E-state index contributed by atoms with van der Waals surface area (Å²) in [5, 5.41) is 7.71. The van der Waals surface area contributed by atoms with Gasteiger partial charge in [-0.1, -0.05) is 17.7 Å². The maximum Gasteiger partial charge on any atom is 0.308 e. The van der Waals surface area contributed by atoms with Crippen LogP contribution in [0.5, 0.6) is 5.75 Å². The Balaban J connectivity index is 1.41. The minimum absolute atomic E-state index is 0.0645. The number of amides is 1. The molecular formula is C28H32FN3O3. The molecule has 0 spiro atoms. The van der Waals surface area contributed by atoms with Gasteiger partial charge < -0.3 is 15.4 Å². The maximum atomic E-state index is 14.7. The van der Waals surface area contributed by atoms with Gasteiger partial charge in [0.1, 0.15) is 11.4 Å². The number of fused-ring (bicyclic) bond motifs is 1. The summed E-state index contributed by atoms with van der Waals surface area (Å²) in [6.07, 6.45) is 3.41. The van der Waals surface area contributed by atoms with Crippen molar-refractivity contribution in [3.8, 4) is 5.75 Å². The number of ether oxygens (including phenoxy) is 1. The van der Waals surface area contributed by atoms with E-state index in [9.17, 15) is 14.0 Å². The Labute approximate surface area is 205 Å². The highest BCUT2D eigenvalue weighted by Gasteiger charge is 2.26. The number of hydrogen-bond donors (Lipinski definition) is 2. The summed E-state index contributed by atoms with van der Waals surface area (Å²) in [6.45, 7) is 6.41. The van der Waals surface area contributed by atoms with E-state index in [1.807, 2.05) is 25.1 Å². The van der Waals surface area contributed by atoms with E-state index in [1.165, 1.54) is 20.8 Å². The molecule has 0 bridgehead atoms. The molecule has 7 heteroatoms. The predicted molar refractivity (Wildman–Crippen MR) is 135 cm³/mol. The predicted octanol–water partition coefficient (Wildman–Crippen LogP) is 5.83. The van der Waals surface area contributed by atoms with E-state index in [0.29, 0.717) is 17.0 Å². The molecule has 0 atom stereocenters. The van der Waals surface area contributed by atoms with Crippen molar-refractivity contribution in [3.05, 3.63) is 65.4 Å². The third-order valence-corrected chi connectivity index (χ3v) is 6.35. The fourth-order valence-electron chi connectivity index (χ4n) is 4.50. The number of carbonyl (C=O) groups is 2. The molecule has 4 rings (SSSR count). The van der Waals surface area contributed by atoms with Gasteiger partial charge in [-0.25, -0.2) is 9.37 Å². The van der Waals surface area contributed by atoms with Crippen LogP contribution in [0, 0.1) is 6.92 Å². The van der Waals surface area contributed by atoms with Gasteiger partial charge in [0.2, 0.25) is 0 Å². The average molecular weight is 478 g/mol. The summed E-state index contributed by atoms with van der Waals surface area (Å²) in [5.41, 5.74) is 2.13. The fraction of sp³-hybridized carbons (Fsp3) is 0.393. The Kier molecular flexibility index (Phi) is 7.05. The van der Waals surface area contributed by atoms with Gasteiger partial charge in [0.15, 0.2) is 0 Å². The average Bonchev–Trinajstić information content (AvgIpc) is 2.79. The molecule has 0 aliphatic heterocycles. The minimum atomic E-state index is -1.54. The topological polar surface area (TPSA) is 80.3 Å². The van der Waals surface area contributed by atoms with E-state index in [0.717, 1.165) is 47.8 Å². The van der Waals surface area contributed by atoms with Crippen molar-refractivity contribution in [3.63, 3.8) is 0 Å². The monoisotopic (exact) mass is 477 g/mol. The van der Waals surface area contributed by atoms with Crippen molar-refractivity contribution in [2.24, 2.45) is 0 Å². The zero-order valence-corrected chi connectivity index (χ0v) is 20.7. The highest BCUT2D eigenvalue weighted by atomic mass is 19.1. The summed E-state index contributed by atoms with van der Waals surface area (Å²) in [4.78, 5) is 28.4. The quantitative estimate of drug-likeness (QED) is 0.345. The molecule has 1 fully saturated rings. The van der Waals surface area contributed by atoms with Gasteiger partial charge in [-0.3, -0.25) is 9.59 Å². The molecule has 0 unspecified atom stereocenters. The maximum absolute atomic E-state index is 14.7. The van der Waals surface area contributed by atoms with E-state index in [2.05, 4.69) is 21.7 Å². The first-order chi connectivity index (χ1) is 16.6. The number of aromatic nitrogens is 1. The van der Waals surface area contributed by atoms with Crippen LogP contribution < -0.4 is 15.4 Å². The molecule has 35 heavy (non-hydrogen) atoms. The smallest absolute Gasteiger partial charge is 0.308 e. The van der Waals surface area contributed by atoms with Crippen LogP contribution in [-0.2, 0) is 10.5 Å². The summed E-state index contributed by atoms with van der Waals surface area (Å²) in [7, 11) is 0. The number of alkyl halides is 1. The number of carbonyl (C=O) groups excluding carboxylic acids is 2. The number of aryl methyl sites for hydroxylation is 1. The summed E-state index contributed by atoms with van der Waals surface area (Å²) in [5.74, 6) is -0.248. The number of benzene rings is 2. The lowest BCUT2D eigenvalue weighted by atomic mass is 9.90. The van der Waals surface area contributed by atoms with Crippen LogP contribution in [0.2, 0.25) is 0 Å². The van der Waals surface area contributed by atoms with Crippen molar-refractivity contribution < 1.29 is 18.7 Å². The standard InChI is InChI=1S/C28H32FN3O3/c1-17-8-13-24-23(14-17)25(16-26(32-24)28(3,4)29)30-20-9-11-21(12-10-20)31-27(34)19-6-5-7-22(15-19)35-18(2)33/h5-8,13-16,20-21H,9-12H2,1-4H3,(H,30,32)(H,31,34). The van der Waals surface area contributed by atoms with Crippen molar-refractivity contribution in [2.75, 3.05) is 5.32 Å². The highest BCUT2D eigenvalue weighted by Crippen LogP contribution is 2.33. The first-order valence-electron chi connectivity index (χ1n) is 12.0. The van der Waals surface area contributed by atoms with E-state index < -0.39 is 11.6 Å². The van der Waals surface area contributed by atoms with Crippen LogP contribution in [0.4, 0.5) is 10.1 Å². The molecular weight excluding hydrogens is 445 g/mol. The molecule has 1 aliphatic carbocycles. The van der Waals surface area contributed by atoms with Gasteiger partial charge in [-0.15, -0.1) is 0 Å². The van der Waals surface area contributed by atoms with Gasteiger partial charge in [0.05, 0.1) is 11.2 Å². The Hall–Kier alpha value is -3.48. The summed E-state index contributed by atoms with van der Waals surface area (Å²) < 4.78 is 19.8. The van der Waals surface area contributed by atoms with Gasteiger partial charge in [0.25, 0.3) is 5.91 Å². The first kappa shape index (κ1) is 24.6. The minimum Gasteiger partial charge on any atom is -0.427 e. The van der Waals surface area contributed by atoms with E-state index in [1.54, 1.807) is 24.3 Å². The van der Waals surface area contributed by atoms with Crippen molar-refractivity contribution in [2.45, 2.75) is 71.1 Å². The molecule has 1 aliphatic rings. The molecule has 1 saturated carbocycles. The molecule has 2 aromatic carbocycles. The molecule has 6 nitrogen and oxygen atoms in total. The second kappa shape index (κ2) is 10.0. The van der Waals surface area contributed by atoms with Crippen LogP contribution in [0.15, 0.2) is 48.5 Å². The van der Waals surface area contributed by atoms with Crippen LogP contribution >= 0.6 is 0 Å². The molecule has 1 heterocycles. The molecule has 2 N–H and O–H groups in total. The number of rotatable bonds is 6. The third kappa shape index (κ3) is 6.15. The van der Waals surface area contributed by atoms with E-state index >= 15 is 0 Å². The summed E-state index contributed by atoms with van der Waals surface area (Å²) >= 11 is 0. The Bertz CT molecular complexity index is 1240. The number of nitrogens with one attached hydrogen (secondary N) is 2. The summed E-state index contributed by atoms with van der Waals surface area (Å²) in [6, 6.07) is 14.7. The van der Waals surface area contributed by atoms with Crippen molar-refractivity contribution in [1.82, 2.24) is 10.3 Å². The van der Waals surface area contributed by atoms with E-state index in [-0.39, 0.29) is 18.0 Å². The van der Waals surface area contributed by atoms with Gasteiger partial charge in [0, 0.05) is 35.6 Å². The van der Waals surface area contributed by atoms with Gasteiger partial charge in [-0.05, 0) is 82.9 Å². The Morgan fingerprint density at radius 1 is 1.03 bits per heavy atom. The third-order valence-electron chi connectivity index (χ3n) is 6.35. The molecule has 0 saturated heterocycles. The van der Waals surface area contributed by atoms with Crippen LogP contribution in [0.25, 0.3) is 10.9 Å². The Morgan fingerprint density at radius 3 is 2.43 bits per heavy atom. The van der Waals surface area contributed by atoms with Gasteiger partial charge in [-0.2, -0.15) is 0 Å². The van der Waals surface area contributed by atoms with Crippen molar-refractivity contribution in [1.29, 1.82) is 0 Å². The lowest BCUT2D eigenvalue weighted by Gasteiger charge is -2.31. The largest absolute Gasteiger partial charge is 0.427 e. The fourth-order valence-corrected chi connectivity index (χ4v) is 4.50. The van der Waals surface area contributed by atoms with Crippen LogP contribution in [0.1, 0.15) is 68.1 Å². The lowest BCUT2D eigenvalue weighted by molar-refractivity contribution is -0.131. The number of nitrogens with zero attached hydrogens (tertiary/aromatic N) is 1. The lowest BCUT2D eigenvalue weighted by Crippen LogP contribution is -2.40. The number of esters is 1. The normalized spacial score (nSPS) is 18.2. The van der Waals surface area contributed by atoms with Gasteiger partial charge >= 0.3 is 5.97 Å². The highest BCUT2D eigenvalue weighted by molar-refractivity contribution is 5.95. The number of anilines is 1.